The van der Waals surface area contributed by atoms with Crippen molar-refractivity contribution >= 4 is 5.65 Å². The highest BCUT2D eigenvalue weighted by atomic mass is 19.4. The summed E-state index contributed by atoms with van der Waals surface area (Å²) in [6.45, 7) is 3.97. The third kappa shape index (κ3) is 3.46. The Kier molecular flexibility index (Phi) is 4.67. The lowest BCUT2D eigenvalue weighted by Crippen LogP contribution is -2.29. The Bertz CT molecular complexity index is 769. The Hall–Kier alpha value is -1.63. The second-order valence-corrected chi connectivity index (χ2v) is 7.80. The van der Waals surface area contributed by atoms with E-state index in [0.29, 0.717) is 18.8 Å². The van der Waals surface area contributed by atoms with Gasteiger partial charge in [-0.2, -0.15) is 18.3 Å². The fraction of sp³-hybridized carbons (Fsp3) is 0.684. The van der Waals surface area contributed by atoms with E-state index in [1.807, 2.05) is 17.5 Å². The van der Waals surface area contributed by atoms with Crippen molar-refractivity contribution in [3.05, 3.63) is 29.2 Å². The topological polar surface area (TPSA) is 42.2 Å². The molecule has 2 aromatic heterocycles. The zero-order valence-electron chi connectivity index (χ0n) is 15.0. The lowest BCUT2D eigenvalue weighted by molar-refractivity contribution is -0.182. The molecule has 0 bridgehead atoms. The molecule has 0 radical (unpaired) electrons. The molecular weight excluding hydrogens is 341 g/mol. The predicted octanol–water partition coefficient (Wildman–Crippen LogP) is 4.34. The number of hydrogen-bond acceptors (Lipinski definition) is 3. The van der Waals surface area contributed by atoms with Crippen LogP contribution in [0.15, 0.2) is 12.1 Å². The predicted molar refractivity (Wildman–Crippen MR) is 93.3 cm³/mol. The third-order valence-electron chi connectivity index (χ3n) is 5.93. The van der Waals surface area contributed by atoms with E-state index in [0.717, 1.165) is 48.7 Å². The van der Waals surface area contributed by atoms with Gasteiger partial charge in [-0.3, -0.25) is 0 Å². The van der Waals surface area contributed by atoms with Crippen LogP contribution in [0.3, 0.4) is 0 Å². The molecule has 1 atom stereocenters. The van der Waals surface area contributed by atoms with Crippen LogP contribution in [0.25, 0.3) is 5.65 Å². The van der Waals surface area contributed by atoms with Crippen LogP contribution in [-0.2, 0) is 0 Å². The van der Waals surface area contributed by atoms with Gasteiger partial charge in [-0.1, -0.05) is 0 Å². The third-order valence-corrected chi connectivity index (χ3v) is 5.93. The Morgan fingerprint density at radius 3 is 2.50 bits per heavy atom. The second kappa shape index (κ2) is 6.83. The minimum atomic E-state index is -4.07. The van der Waals surface area contributed by atoms with Crippen LogP contribution >= 0.6 is 0 Å². The van der Waals surface area contributed by atoms with E-state index < -0.39 is 12.1 Å². The summed E-state index contributed by atoms with van der Waals surface area (Å²) in [6.07, 6.45) is -0.299. The van der Waals surface area contributed by atoms with Gasteiger partial charge in [0, 0.05) is 30.1 Å². The van der Waals surface area contributed by atoms with Gasteiger partial charge in [0.1, 0.15) is 0 Å². The average Bonchev–Trinajstić information content (AvgIpc) is 3.05. The molecule has 0 spiro atoms. The number of rotatable bonds is 2. The molecule has 1 N–H and O–H groups in total. The van der Waals surface area contributed by atoms with Crippen molar-refractivity contribution in [2.24, 2.45) is 5.92 Å². The SMILES string of the molecule is Cc1cc([C@H]2CCCNC2)n2nc([C@H]3CC[C@H](C(F)(F)F)CC3)cc2n1. The summed E-state index contributed by atoms with van der Waals surface area (Å²) in [7, 11) is 0. The molecule has 1 saturated carbocycles. The van der Waals surface area contributed by atoms with Crippen molar-refractivity contribution < 1.29 is 13.2 Å². The number of alkyl halides is 3. The molecule has 7 heteroatoms. The van der Waals surface area contributed by atoms with Crippen LogP contribution in [-0.4, -0.2) is 33.9 Å². The lowest BCUT2D eigenvalue weighted by Gasteiger charge is -2.28. The Morgan fingerprint density at radius 2 is 1.85 bits per heavy atom. The summed E-state index contributed by atoms with van der Waals surface area (Å²) in [5.41, 5.74) is 3.84. The van der Waals surface area contributed by atoms with Crippen LogP contribution in [0.5, 0.6) is 0 Å². The maximum atomic E-state index is 12.9. The zero-order valence-corrected chi connectivity index (χ0v) is 15.0. The molecule has 142 valence electrons. The van der Waals surface area contributed by atoms with E-state index in [1.54, 1.807) is 0 Å². The second-order valence-electron chi connectivity index (χ2n) is 7.80. The monoisotopic (exact) mass is 366 g/mol. The fourth-order valence-electron chi connectivity index (χ4n) is 4.46. The van der Waals surface area contributed by atoms with E-state index in [2.05, 4.69) is 16.4 Å². The number of aromatic nitrogens is 3. The van der Waals surface area contributed by atoms with Gasteiger partial charge in [-0.15, -0.1) is 0 Å². The van der Waals surface area contributed by atoms with E-state index >= 15 is 0 Å². The molecule has 3 heterocycles. The molecule has 1 aliphatic heterocycles. The molecule has 1 aliphatic carbocycles. The van der Waals surface area contributed by atoms with E-state index in [-0.39, 0.29) is 18.8 Å². The van der Waals surface area contributed by atoms with Crippen molar-refractivity contribution in [2.45, 2.75) is 63.5 Å². The van der Waals surface area contributed by atoms with Gasteiger partial charge in [-0.25, -0.2) is 9.50 Å². The molecule has 1 saturated heterocycles. The number of hydrogen-bond donors (Lipinski definition) is 1. The Morgan fingerprint density at radius 1 is 1.08 bits per heavy atom. The molecule has 2 aliphatic rings. The first-order chi connectivity index (χ1) is 12.4. The first kappa shape index (κ1) is 17.8. The van der Waals surface area contributed by atoms with Gasteiger partial charge in [0.25, 0.3) is 0 Å². The first-order valence-corrected chi connectivity index (χ1v) is 9.56. The maximum Gasteiger partial charge on any atom is 0.391 e. The van der Waals surface area contributed by atoms with Crippen LogP contribution in [0, 0.1) is 12.8 Å². The smallest absolute Gasteiger partial charge is 0.316 e. The normalized spacial score (nSPS) is 27.8. The van der Waals surface area contributed by atoms with Gasteiger partial charge in [0.2, 0.25) is 0 Å². The number of nitrogens with one attached hydrogen (secondary N) is 1. The average molecular weight is 366 g/mol. The summed E-state index contributed by atoms with van der Waals surface area (Å²) < 4.78 is 40.6. The largest absolute Gasteiger partial charge is 0.391 e. The number of piperidine rings is 1. The fourth-order valence-corrected chi connectivity index (χ4v) is 4.46. The molecular formula is C19H25F3N4. The van der Waals surface area contributed by atoms with Crippen LogP contribution in [0.1, 0.15) is 67.4 Å². The van der Waals surface area contributed by atoms with Crippen LogP contribution < -0.4 is 5.32 Å². The molecule has 2 aromatic rings. The summed E-state index contributed by atoms with van der Waals surface area (Å²) in [5, 5.41) is 8.22. The van der Waals surface area contributed by atoms with Gasteiger partial charge in [0.15, 0.2) is 5.65 Å². The molecule has 26 heavy (non-hydrogen) atoms. The molecule has 0 aromatic carbocycles. The van der Waals surface area contributed by atoms with Crippen LogP contribution in [0.4, 0.5) is 13.2 Å². The molecule has 0 amide bonds. The Labute approximate surface area is 151 Å². The van der Waals surface area contributed by atoms with Crippen molar-refractivity contribution in [1.29, 1.82) is 0 Å². The van der Waals surface area contributed by atoms with Crippen LogP contribution in [0.2, 0.25) is 0 Å². The van der Waals surface area contributed by atoms with Crippen molar-refractivity contribution in [1.82, 2.24) is 19.9 Å². The highest BCUT2D eigenvalue weighted by molar-refractivity contribution is 5.43. The molecule has 0 unspecified atom stereocenters. The number of halogens is 3. The minimum Gasteiger partial charge on any atom is -0.316 e. The highest BCUT2D eigenvalue weighted by Crippen LogP contribution is 2.42. The van der Waals surface area contributed by atoms with Crippen molar-refractivity contribution in [3.63, 3.8) is 0 Å². The minimum absolute atomic E-state index is 0.105. The van der Waals surface area contributed by atoms with Gasteiger partial charge in [0.05, 0.1) is 17.3 Å². The zero-order chi connectivity index (χ0) is 18.3. The molecule has 4 rings (SSSR count). The van der Waals surface area contributed by atoms with E-state index in [4.69, 9.17) is 5.10 Å². The quantitative estimate of drug-likeness (QED) is 0.860. The highest BCUT2D eigenvalue weighted by Gasteiger charge is 2.42. The summed E-state index contributed by atoms with van der Waals surface area (Å²) in [5.74, 6) is -0.644. The standard InChI is InChI=1S/C19H25F3N4/c1-12-9-17(14-3-2-8-23-11-14)26-18(24-12)10-16(25-26)13-4-6-15(7-5-13)19(20,21)22/h9-10,13-15,23H,2-8,11H2,1H3/t13-,14-,15-/m0/s1. The number of nitrogens with zero attached hydrogens (tertiary/aromatic N) is 3. The van der Waals surface area contributed by atoms with Gasteiger partial charge >= 0.3 is 6.18 Å². The van der Waals surface area contributed by atoms with Gasteiger partial charge in [-0.05, 0) is 58.1 Å². The van der Waals surface area contributed by atoms with E-state index in [1.165, 1.54) is 0 Å². The summed E-state index contributed by atoms with van der Waals surface area (Å²) >= 11 is 0. The van der Waals surface area contributed by atoms with Crippen molar-refractivity contribution in [3.8, 4) is 0 Å². The van der Waals surface area contributed by atoms with Gasteiger partial charge < -0.3 is 5.32 Å². The van der Waals surface area contributed by atoms with E-state index in [9.17, 15) is 13.2 Å². The number of fused-ring (bicyclic) bond motifs is 1. The molecule has 2 fully saturated rings. The maximum absolute atomic E-state index is 12.9. The summed E-state index contributed by atoms with van der Waals surface area (Å²) in [6, 6.07) is 4.08. The summed E-state index contributed by atoms with van der Waals surface area (Å²) in [4.78, 5) is 4.60. The lowest BCUT2D eigenvalue weighted by atomic mass is 9.80. The van der Waals surface area contributed by atoms with Crippen molar-refractivity contribution in [2.75, 3.05) is 13.1 Å². The number of aryl methyl sites for hydroxylation is 1. The Balaban J connectivity index is 1.60. The molecule has 4 nitrogen and oxygen atoms in total. The first-order valence-electron chi connectivity index (χ1n) is 9.56.